The number of hydrogen-bond donors (Lipinski definition) is 2. The van der Waals surface area contributed by atoms with Gasteiger partial charge in [-0.15, -0.1) is 5.10 Å². The van der Waals surface area contributed by atoms with Crippen LogP contribution in [0.25, 0.3) is 0 Å². The molecule has 0 aliphatic heterocycles. The smallest absolute Gasteiger partial charge is 0.300 e. The second-order valence-corrected chi connectivity index (χ2v) is 3.66. The monoisotopic (exact) mass is 274 g/mol. The summed E-state index contributed by atoms with van der Waals surface area (Å²) in [5.74, 6) is -0.106. The molecule has 0 aromatic carbocycles. The Bertz CT molecular complexity index is 646. The first-order chi connectivity index (χ1) is 9.61. The van der Waals surface area contributed by atoms with Gasteiger partial charge in [-0.3, -0.25) is 14.9 Å². The Morgan fingerprint density at radius 1 is 1.40 bits per heavy atom. The molecular formula is C11H10N6O3. The maximum atomic E-state index is 12.1. The number of nitrogens with zero attached hydrogens (tertiary/aromatic N) is 4. The van der Waals surface area contributed by atoms with Gasteiger partial charge in [0.05, 0.1) is 4.92 Å². The van der Waals surface area contributed by atoms with Gasteiger partial charge in [0.2, 0.25) is 0 Å². The van der Waals surface area contributed by atoms with Crippen molar-refractivity contribution in [2.45, 2.75) is 0 Å². The SMILES string of the molecule is CNc1cc(C(=O)Nc2cccnn2)c([N+](=O)[O-])cn1. The predicted molar refractivity (Wildman–Crippen MR) is 70.4 cm³/mol. The summed E-state index contributed by atoms with van der Waals surface area (Å²) < 4.78 is 0. The number of carbonyl (C=O) groups is 1. The summed E-state index contributed by atoms with van der Waals surface area (Å²) in [6.45, 7) is 0. The van der Waals surface area contributed by atoms with E-state index in [0.717, 1.165) is 6.20 Å². The standard InChI is InChI=1S/C11H10N6O3/c1-12-10-5-7(8(6-13-10)17(19)20)11(18)15-9-3-2-4-14-16-9/h2-6H,1H3,(H,12,13)(H,15,16,18). The van der Waals surface area contributed by atoms with E-state index >= 15 is 0 Å². The van der Waals surface area contributed by atoms with Gasteiger partial charge in [-0.2, -0.15) is 5.10 Å². The highest BCUT2D eigenvalue weighted by Gasteiger charge is 2.21. The van der Waals surface area contributed by atoms with E-state index in [1.54, 1.807) is 13.1 Å². The number of anilines is 2. The zero-order chi connectivity index (χ0) is 14.5. The molecule has 9 nitrogen and oxygen atoms in total. The van der Waals surface area contributed by atoms with E-state index in [1.807, 2.05) is 0 Å². The lowest BCUT2D eigenvalue weighted by Gasteiger charge is -2.06. The van der Waals surface area contributed by atoms with Crippen molar-refractivity contribution in [3.05, 3.63) is 46.3 Å². The molecule has 102 valence electrons. The fourth-order valence-corrected chi connectivity index (χ4v) is 1.46. The van der Waals surface area contributed by atoms with Crippen LogP contribution in [-0.2, 0) is 0 Å². The van der Waals surface area contributed by atoms with Gasteiger partial charge in [-0.25, -0.2) is 4.98 Å². The third kappa shape index (κ3) is 2.83. The van der Waals surface area contributed by atoms with Gasteiger partial charge in [0.15, 0.2) is 5.82 Å². The maximum Gasteiger partial charge on any atom is 0.300 e. The second-order valence-electron chi connectivity index (χ2n) is 3.66. The first-order valence-electron chi connectivity index (χ1n) is 5.53. The summed E-state index contributed by atoms with van der Waals surface area (Å²) in [5, 5.41) is 23.3. The molecule has 9 heteroatoms. The number of hydrogen-bond acceptors (Lipinski definition) is 7. The average molecular weight is 274 g/mol. The molecule has 0 saturated carbocycles. The van der Waals surface area contributed by atoms with E-state index in [1.165, 1.54) is 18.3 Å². The Kier molecular flexibility index (Phi) is 3.80. The van der Waals surface area contributed by atoms with Crippen LogP contribution in [-0.4, -0.2) is 33.1 Å². The molecule has 0 spiro atoms. The number of nitro groups is 1. The molecule has 2 heterocycles. The molecule has 2 aromatic heterocycles. The van der Waals surface area contributed by atoms with Crippen molar-refractivity contribution in [3.8, 4) is 0 Å². The summed E-state index contributed by atoms with van der Waals surface area (Å²) in [7, 11) is 1.60. The molecule has 0 bridgehead atoms. The van der Waals surface area contributed by atoms with Crippen molar-refractivity contribution < 1.29 is 9.72 Å². The number of pyridine rings is 1. The molecule has 1 amide bonds. The highest BCUT2D eigenvalue weighted by atomic mass is 16.6. The van der Waals surface area contributed by atoms with Crippen molar-refractivity contribution in [2.24, 2.45) is 0 Å². The zero-order valence-corrected chi connectivity index (χ0v) is 10.4. The largest absolute Gasteiger partial charge is 0.373 e. The van der Waals surface area contributed by atoms with E-state index < -0.39 is 10.8 Å². The lowest BCUT2D eigenvalue weighted by Crippen LogP contribution is -2.15. The average Bonchev–Trinajstić information content (AvgIpc) is 2.47. The minimum atomic E-state index is -0.669. The van der Waals surface area contributed by atoms with Gasteiger partial charge < -0.3 is 10.6 Å². The summed E-state index contributed by atoms with van der Waals surface area (Å²) in [6, 6.07) is 4.41. The molecule has 0 atom stereocenters. The molecule has 0 unspecified atom stereocenters. The van der Waals surface area contributed by atoms with Gasteiger partial charge in [0.25, 0.3) is 11.6 Å². The van der Waals surface area contributed by atoms with Crippen LogP contribution in [0, 0.1) is 10.1 Å². The molecule has 0 aliphatic carbocycles. The van der Waals surface area contributed by atoms with Gasteiger partial charge in [-0.1, -0.05) is 0 Å². The van der Waals surface area contributed by atoms with Crippen molar-refractivity contribution in [3.63, 3.8) is 0 Å². The quantitative estimate of drug-likeness (QED) is 0.631. The Balaban J connectivity index is 2.35. The second kappa shape index (κ2) is 5.69. The normalized spacial score (nSPS) is 9.85. The van der Waals surface area contributed by atoms with E-state index in [4.69, 9.17) is 0 Å². The Morgan fingerprint density at radius 2 is 2.20 bits per heavy atom. The highest BCUT2D eigenvalue weighted by Crippen LogP contribution is 2.21. The molecule has 0 saturated heterocycles. The fourth-order valence-electron chi connectivity index (χ4n) is 1.46. The van der Waals surface area contributed by atoms with Crippen LogP contribution in [0.4, 0.5) is 17.3 Å². The maximum absolute atomic E-state index is 12.1. The van der Waals surface area contributed by atoms with Crippen LogP contribution >= 0.6 is 0 Å². The van der Waals surface area contributed by atoms with Crippen molar-refractivity contribution in [1.82, 2.24) is 15.2 Å². The minimum absolute atomic E-state index is 0.111. The molecule has 0 aliphatic rings. The van der Waals surface area contributed by atoms with Crippen LogP contribution in [0.15, 0.2) is 30.6 Å². The van der Waals surface area contributed by atoms with E-state index in [0.29, 0.717) is 5.82 Å². The third-order valence-electron chi connectivity index (χ3n) is 2.39. The molecule has 2 N–H and O–H groups in total. The number of carbonyl (C=O) groups excluding carboxylic acids is 1. The minimum Gasteiger partial charge on any atom is -0.373 e. The zero-order valence-electron chi connectivity index (χ0n) is 10.4. The number of nitrogens with one attached hydrogen (secondary N) is 2. The molecule has 0 radical (unpaired) electrons. The van der Waals surface area contributed by atoms with Gasteiger partial charge in [0.1, 0.15) is 17.6 Å². The van der Waals surface area contributed by atoms with Crippen LogP contribution in [0.1, 0.15) is 10.4 Å². The van der Waals surface area contributed by atoms with Crippen molar-refractivity contribution >= 4 is 23.2 Å². The number of aromatic nitrogens is 3. The Labute approximate surface area is 113 Å². The topological polar surface area (TPSA) is 123 Å². The first-order valence-corrected chi connectivity index (χ1v) is 5.53. The van der Waals surface area contributed by atoms with E-state index in [-0.39, 0.29) is 17.1 Å². The first kappa shape index (κ1) is 13.3. The molecule has 20 heavy (non-hydrogen) atoms. The van der Waals surface area contributed by atoms with E-state index in [9.17, 15) is 14.9 Å². The number of amides is 1. The van der Waals surface area contributed by atoms with Crippen LogP contribution in [0.2, 0.25) is 0 Å². The van der Waals surface area contributed by atoms with Crippen LogP contribution < -0.4 is 10.6 Å². The highest BCUT2D eigenvalue weighted by molar-refractivity contribution is 6.06. The van der Waals surface area contributed by atoms with Gasteiger partial charge in [0, 0.05) is 19.3 Å². The third-order valence-corrected chi connectivity index (χ3v) is 2.39. The summed E-state index contributed by atoms with van der Waals surface area (Å²) in [6.07, 6.45) is 2.47. The van der Waals surface area contributed by atoms with Crippen LogP contribution in [0.5, 0.6) is 0 Å². The lowest BCUT2D eigenvalue weighted by molar-refractivity contribution is -0.385. The van der Waals surface area contributed by atoms with E-state index in [2.05, 4.69) is 25.8 Å². The lowest BCUT2D eigenvalue weighted by atomic mass is 10.2. The predicted octanol–water partition coefficient (Wildman–Crippen LogP) is 1.07. The molecule has 2 rings (SSSR count). The van der Waals surface area contributed by atoms with Crippen LogP contribution in [0.3, 0.4) is 0 Å². The molecule has 0 fully saturated rings. The Hall–Kier alpha value is -3.10. The summed E-state index contributed by atoms with van der Waals surface area (Å²) in [5.41, 5.74) is -0.495. The van der Waals surface area contributed by atoms with Gasteiger partial charge >= 0.3 is 0 Å². The number of rotatable bonds is 4. The molecular weight excluding hydrogens is 264 g/mol. The van der Waals surface area contributed by atoms with Crippen molar-refractivity contribution in [2.75, 3.05) is 17.7 Å². The summed E-state index contributed by atoms with van der Waals surface area (Å²) in [4.78, 5) is 26.1. The van der Waals surface area contributed by atoms with Gasteiger partial charge in [-0.05, 0) is 12.1 Å². The van der Waals surface area contributed by atoms with Crippen molar-refractivity contribution in [1.29, 1.82) is 0 Å². The summed E-state index contributed by atoms with van der Waals surface area (Å²) >= 11 is 0. The Morgan fingerprint density at radius 3 is 2.80 bits per heavy atom. The fraction of sp³-hybridized carbons (Fsp3) is 0.0909. The molecule has 2 aromatic rings.